The second kappa shape index (κ2) is 9.31. The third-order valence-corrected chi connectivity index (χ3v) is 7.21. The maximum atomic E-state index is 14.1. The summed E-state index contributed by atoms with van der Waals surface area (Å²) in [4.78, 5) is 28.0. The van der Waals surface area contributed by atoms with E-state index in [4.69, 9.17) is 0 Å². The van der Waals surface area contributed by atoms with Crippen LogP contribution in [0.2, 0.25) is 0 Å². The van der Waals surface area contributed by atoms with Gasteiger partial charge in [0.25, 0.3) is 0 Å². The molecule has 2 aromatic rings. The molecular weight excluding hydrogens is 538 g/mol. The maximum absolute atomic E-state index is 14.1. The minimum atomic E-state index is -4.76. The van der Waals surface area contributed by atoms with Gasteiger partial charge in [-0.15, -0.1) is 0 Å². The SMILES string of the molecule is CC(C)(C)C1=CC2C=CC1N1C(=O)N(Cc3ccccc3C(F)(F)F)N(Cc3ccccc3C(F)(F)F)C(=O)N21. The molecule has 2 aromatic carbocycles. The fourth-order valence-corrected chi connectivity index (χ4v) is 5.37. The Hall–Kier alpha value is -3.96. The van der Waals surface area contributed by atoms with Crippen molar-refractivity contribution in [3.63, 3.8) is 0 Å². The van der Waals surface area contributed by atoms with Crippen molar-refractivity contribution in [3.05, 3.63) is 94.6 Å². The molecule has 4 aliphatic rings. The Bertz CT molecular complexity index is 1410. The highest BCUT2D eigenvalue weighted by molar-refractivity contribution is 5.88. The quantitative estimate of drug-likeness (QED) is 0.296. The third kappa shape index (κ3) is 4.69. The fraction of sp³-hybridized carbons (Fsp3) is 0.357. The first kappa shape index (κ1) is 27.6. The molecule has 4 amide bonds. The summed E-state index contributed by atoms with van der Waals surface area (Å²) in [5, 5.41) is 3.96. The molecule has 3 aliphatic heterocycles. The summed E-state index contributed by atoms with van der Waals surface area (Å²) in [5.41, 5.74) is -2.19. The molecule has 0 saturated carbocycles. The van der Waals surface area contributed by atoms with Crippen molar-refractivity contribution >= 4 is 12.1 Å². The van der Waals surface area contributed by atoms with Gasteiger partial charge in [-0.1, -0.05) is 75.4 Å². The van der Waals surface area contributed by atoms with Crippen LogP contribution in [0.25, 0.3) is 0 Å². The van der Waals surface area contributed by atoms with Gasteiger partial charge in [0.15, 0.2) is 0 Å². The predicted molar refractivity (Wildman–Crippen MR) is 133 cm³/mol. The molecule has 0 radical (unpaired) electrons. The van der Waals surface area contributed by atoms with E-state index in [2.05, 4.69) is 0 Å². The number of hydrogen-bond donors (Lipinski definition) is 0. The summed E-state index contributed by atoms with van der Waals surface area (Å²) < 4.78 is 82.9. The molecule has 1 saturated heterocycles. The monoisotopic (exact) mass is 564 g/mol. The first-order valence-electron chi connectivity index (χ1n) is 12.5. The average molecular weight is 565 g/mol. The maximum Gasteiger partial charge on any atom is 0.416 e. The van der Waals surface area contributed by atoms with Crippen molar-refractivity contribution in [1.82, 2.24) is 20.0 Å². The highest BCUT2D eigenvalue weighted by atomic mass is 19.4. The average Bonchev–Trinajstić information content (AvgIpc) is 2.87. The molecule has 3 heterocycles. The first-order chi connectivity index (χ1) is 18.6. The molecule has 0 spiro atoms. The topological polar surface area (TPSA) is 47.1 Å². The molecule has 0 N–H and O–H groups in total. The van der Waals surface area contributed by atoms with Gasteiger partial charge in [0.2, 0.25) is 0 Å². The molecule has 1 aliphatic carbocycles. The molecule has 1 fully saturated rings. The van der Waals surface area contributed by atoms with Gasteiger partial charge in [0, 0.05) is 0 Å². The normalized spacial score (nSPS) is 21.3. The molecule has 2 bridgehead atoms. The predicted octanol–water partition coefficient (Wildman–Crippen LogP) is 7.01. The lowest BCUT2D eigenvalue weighted by molar-refractivity contribution is -0.141. The van der Waals surface area contributed by atoms with Gasteiger partial charge >= 0.3 is 24.4 Å². The van der Waals surface area contributed by atoms with Gasteiger partial charge in [-0.05, 0) is 34.2 Å². The van der Waals surface area contributed by atoms with Gasteiger partial charge in [-0.3, -0.25) is 0 Å². The fourth-order valence-electron chi connectivity index (χ4n) is 5.37. The van der Waals surface area contributed by atoms with E-state index >= 15 is 0 Å². The van der Waals surface area contributed by atoms with Crippen molar-refractivity contribution in [2.75, 3.05) is 0 Å². The van der Waals surface area contributed by atoms with Crippen molar-refractivity contribution in [2.45, 2.75) is 58.3 Å². The van der Waals surface area contributed by atoms with Gasteiger partial charge in [-0.25, -0.2) is 29.6 Å². The molecule has 40 heavy (non-hydrogen) atoms. The third-order valence-electron chi connectivity index (χ3n) is 7.21. The number of amides is 4. The Morgan fingerprint density at radius 1 is 0.675 bits per heavy atom. The van der Waals surface area contributed by atoms with Gasteiger partial charge < -0.3 is 0 Å². The number of hydrogen-bond acceptors (Lipinski definition) is 2. The van der Waals surface area contributed by atoms with Gasteiger partial charge in [0.05, 0.1) is 36.3 Å². The lowest BCUT2D eigenvalue weighted by Gasteiger charge is -2.57. The van der Waals surface area contributed by atoms with E-state index in [0.717, 1.165) is 32.7 Å². The Kier molecular flexibility index (Phi) is 6.42. The number of alkyl halides is 6. The van der Waals surface area contributed by atoms with Crippen LogP contribution in [0.4, 0.5) is 35.9 Å². The van der Waals surface area contributed by atoms with E-state index in [0.29, 0.717) is 0 Å². The molecule has 2 atom stereocenters. The van der Waals surface area contributed by atoms with Crippen LogP contribution in [-0.2, 0) is 25.4 Å². The van der Waals surface area contributed by atoms with Gasteiger partial charge in [-0.2, -0.15) is 26.3 Å². The van der Waals surface area contributed by atoms with Crippen molar-refractivity contribution < 1.29 is 35.9 Å². The summed E-state index contributed by atoms with van der Waals surface area (Å²) in [7, 11) is 0. The molecule has 12 heteroatoms. The van der Waals surface area contributed by atoms with Crippen molar-refractivity contribution in [1.29, 1.82) is 0 Å². The van der Waals surface area contributed by atoms with E-state index in [1.165, 1.54) is 41.4 Å². The number of hydrazine groups is 2. The van der Waals surface area contributed by atoms with Crippen LogP contribution in [0.1, 0.15) is 43.0 Å². The van der Waals surface area contributed by atoms with E-state index in [-0.39, 0.29) is 11.1 Å². The zero-order chi connectivity index (χ0) is 29.2. The minimum Gasteiger partial charge on any atom is -0.244 e. The second-order valence-corrected chi connectivity index (χ2v) is 10.9. The van der Waals surface area contributed by atoms with E-state index in [1.807, 2.05) is 26.8 Å². The van der Waals surface area contributed by atoms with Crippen LogP contribution in [0.15, 0.2) is 72.3 Å². The van der Waals surface area contributed by atoms with Crippen LogP contribution in [0.5, 0.6) is 0 Å². The lowest BCUT2D eigenvalue weighted by Crippen LogP contribution is -2.74. The molecule has 2 unspecified atom stereocenters. The van der Waals surface area contributed by atoms with Gasteiger partial charge in [0.1, 0.15) is 0 Å². The highest BCUT2D eigenvalue weighted by Gasteiger charge is 2.53. The summed E-state index contributed by atoms with van der Waals surface area (Å²) in [6.07, 6.45) is -4.20. The summed E-state index contributed by atoms with van der Waals surface area (Å²) >= 11 is 0. The van der Waals surface area contributed by atoms with Crippen LogP contribution < -0.4 is 0 Å². The van der Waals surface area contributed by atoms with Crippen LogP contribution in [0.3, 0.4) is 0 Å². The molecular formula is C28H26F6N4O2. The second-order valence-electron chi connectivity index (χ2n) is 10.9. The van der Waals surface area contributed by atoms with Crippen molar-refractivity contribution in [2.24, 2.45) is 5.41 Å². The standard InChI is InChI=1S/C28H26F6N4O2/c1-26(2,3)22-14-19-12-13-23(22)38-25(40)36(16-18-9-5-7-11-21(18)28(32,33)34)35(24(39)37(19)38)15-17-8-4-6-10-20(17)27(29,30)31/h4-14,19,23H,15-16H2,1-3H3. The minimum absolute atomic E-state index is 0.303. The van der Waals surface area contributed by atoms with E-state index in [9.17, 15) is 35.9 Å². The Morgan fingerprint density at radius 2 is 1.12 bits per heavy atom. The zero-order valence-electron chi connectivity index (χ0n) is 21.8. The molecule has 6 nitrogen and oxygen atoms in total. The number of urea groups is 2. The Balaban J connectivity index is 1.62. The number of nitrogens with zero attached hydrogens (tertiary/aromatic N) is 4. The number of benzene rings is 2. The van der Waals surface area contributed by atoms with Crippen LogP contribution >= 0.6 is 0 Å². The number of rotatable bonds is 4. The summed E-state index contributed by atoms with van der Waals surface area (Å²) in [5.74, 6) is 0. The Morgan fingerprint density at radius 3 is 1.57 bits per heavy atom. The number of halogens is 6. The summed E-state index contributed by atoms with van der Waals surface area (Å²) in [6, 6.07) is 6.14. The first-order valence-corrected chi connectivity index (χ1v) is 12.5. The van der Waals surface area contributed by atoms with Crippen molar-refractivity contribution in [3.8, 4) is 0 Å². The zero-order valence-corrected chi connectivity index (χ0v) is 21.8. The number of carbonyl (C=O) groups is 2. The summed E-state index contributed by atoms with van der Waals surface area (Å²) in [6.45, 7) is 4.44. The molecule has 6 rings (SSSR count). The number of carbonyl (C=O) groups excluding carboxylic acids is 2. The van der Waals surface area contributed by atoms with E-state index < -0.39 is 66.1 Å². The molecule has 212 valence electrons. The van der Waals surface area contributed by atoms with E-state index in [1.54, 1.807) is 12.2 Å². The van der Waals surface area contributed by atoms with Crippen LogP contribution in [-0.4, -0.2) is 44.2 Å². The van der Waals surface area contributed by atoms with Crippen LogP contribution in [0, 0.1) is 5.41 Å². The molecule has 0 aromatic heterocycles. The largest absolute Gasteiger partial charge is 0.416 e. The highest BCUT2D eigenvalue weighted by Crippen LogP contribution is 2.43. The lowest BCUT2D eigenvalue weighted by atomic mass is 9.77. The Labute approximate surface area is 226 Å². The smallest absolute Gasteiger partial charge is 0.244 e.